The maximum absolute atomic E-state index is 3.06. The first-order valence-electron chi connectivity index (χ1n) is 27.1. The van der Waals surface area contributed by atoms with Crippen molar-refractivity contribution >= 4 is 28.4 Å². The molecule has 8 aliphatic carbocycles. The van der Waals surface area contributed by atoms with Crippen LogP contribution in [0.2, 0.25) is 0 Å². The first kappa shape index (κ1) is 51.1. The molecule has 2 heteroatoms. The summed E-state index contributed by atoms with van der Waals surface area (Å²) in [4.78, 5) is 0. The molecular formula is C70H76SiZr-4. The van der Waals surface area contributed by atoms with Crippen molar-refractivity contribution in [2.24, 2.45) is 46.3 Å². The van der Waals surface area contributed by atoms with Crippen molar-refractivity contribution in [3.63, 3.8) is 0 Å². The second-order valence-corrected chi connectivity index (χ2v) is 24.4. The molecule has 8 aromatic rings. The van der Waals surface area contributed by atoms with E-state index in [-0.39, 0.29) is 14.9 Å². The molecule has 0 N–H and O–H groups in total. The zero-order chi connectivity index (χ0) is 47.7. The summed E-state index contributed by atoms with van der Waals surface area (Å²) in [6.45, 7) is 11.8. The van der Waals surface area contributed by atoms with Crippen molar-refractivity contribution in [3.8, 4) is 44.5 Å². The average molecular weight is 1040 g/mol. The monoisotopic (exact) mass is 1030 g/mol. The van der Waals surface area contributed by atoms with Gasteiger partial charge in [0.25, 0.3) is 0 Å². The summed E-state index contributed by atoms with van der Waals surface area (Å²) in [5.41, 5.74) is 20.4. The Hall–Kier alpha value is -4.36. The Kier molecular flexibility index (Phi) is 14.7. The Morgan fingerprint density at radius 3 is 0.875 bits per heavy atom. The summed E-state index contributed by atoms with van der Waals surface area (Å²) < 4.78 is 0. The average Bonchev–Trinajstić information content (AvgIpc) is 3.96. The Balaban J connectivity index is 0.000000156. The fraction of sp³-hybridized carbons (Fsp3) is 0.371. The van der Waals surface area contributed by atoms with Gasteiger partial charge in [-0.2, -0.15) is 12.1 Å². The molecule has 8 aliphatic rings. The van der Waals surface area contributed by atoms with E-state index in [1.165, 1.54) is 202 Å². The molecule has 0 heterocycles. The molecule has 0 spiro atoms. The summed E-state index contributed by atoms with van der Waals surface area (Å²) in [6, 6.07) is 56.0. The van der Waals surface area contributed by atoms with Crippen molar-refractivity contribution < 1.29 is 23.3 Å². The van der Waals surface area contributed by atoms with Crippen LogP contribution in [0, 0.1) is 88.9 Å². The first-order valence-corrected chi connectivity index (χ1v) is 31.2. The van der Waals surface area contributed by atoms with E-state index in [1.807, 2.05) is 0 Å². The zero-order valence-electron chi connectivity index (χ0n) is 44.2. The standard InChI is InChI=1S/2C34H35.2CH3.Si.Zr/c2*1-22-3-7-28(8-4-22)30-11-12-31(29-9-5-23(2)6-10-29)33-17-27(16-32(30)33)21-34-18-24-13-25(19-34)15-26(14-24)20-34;;;;/h2*3-12,16-17,24-26H,13-15,18-21H2,1-2H3;2*1H3;;/q4*-1;;. The topological polar surface area (TPSA) is 0 Å². The van der Waals surface area contributed by atoms with E-state index >= 15 is 0 Å². The minimum absolute atomic E-state index is 0. The van der Waals surface area contributed by atoms with Crippen LogP contribution in [0.15, 0.2) is 146 Å². The van der Waals surface area contributed by atoms with E-state index in [1.54, 1.807) is 11.1 Å². The molecule has 8 bridgehead atoms. The van der Waals surface area contributed by atoms with Gasteiger partial charge >= 0.3 is 30.2 Å². The molecule has 368 valence electrons. The molecule has 8 saturated carbocycles. The third kappa shape index (κ3) is 10.00. The van der Waals surface area contributed by atoms with Crippen LogP contribution in [0.3, 0.4) is 0 Å². The van der Waals surface area contributed by atoms with Crippen LogP contribution < -0.4 is 0 Å². The second-order valence-electron chi connectivity index (χ2n) is 24.4. The third-order valence-electron chi connectivity index (χ3n) is 18.8. The molecule has 0 nitrogen and oxygen atoms in total. The van der Waals surface area contributed by atoms with Crippen LogP contribution in [-0.2, 0) is 36.2 Å². The Labute approximate surface area is 450 Å². The van der Waals surface area contributed by atoms with Crippen LogP contribution in [0.4, 0.5) is 0 Å². The fourth-order valence-corrected chi connectivity index (χ4v) is 16.7. The van der Waals surface area contributed by atoms with Gasteiger partial charge in [-0.1, -0.05) is 177 Å². The fourth-order valence-electron chi connectivity index (χ4n) is 16.7. The number of aryl methyl sites for hydroxylation is 4. The normalized spacial score (nSPS) is 26.0. The summed E-state index contributed by atoms with van der Waals surface area (Å²) in [5, 5.41) is 5.73. The molecule has 0 unspecified atom stereocenters. The molecule has 0 amide bonds. The van der Waals surface area contributed by atoms with Crippen molar-refractivity contribution in [1.29, 1.82) is 0 Å². The van der Waals surface area contributed by atoms with E-state index < -0.39 is 0 Å². The quantitative estimate of drug-likeness (QED) is 0.105. The van der Waals surface area contributed by atoms with Gasteiger partial charge in [-0.05, 0) is 175 Å². The van der Waals surface area contributed by atoms with E-state index in [4.69, 9.17) is 0 Å². The van der Waals surface area contributed by atoms with Crippen LogP contribution in [0.1, 0.15) is 110 Å². The van der Waals surface area contributed by atoms with Crippen molar-refractivity contribution in [3.05, 3.63) is 194 Å². The minimum atomic E-state index is 0. The maximum atomic E-state index is 3.06. The summed E-state index contributed by atoms with van der Waals surface area (Å²) in [6.07, 6.45) is 20.6. The van der Waals surface area contributed by atoms with Gasteiger partial charge in [-0.15, -0.1) is 44.8 Å². The van der Waals surface area contributed by atoms with Gasteiger partial charge in [-0.25, -0.2) is 0 Å². The molecular weight excluding hydrogens is 960 g/mol. The second kappa shape index (κ2) is 20.7. The van der Waals surface area contributed by atoms with Crippen molar-refractivity contribution in [2.45, 2.75) is 118 Å². The Morgan fingerprint density at radius 1 is 0.375 bits per heavy atom. The SMILES string of the molecule is Cc1ccc(-c2ccc(-c3ccc(C)cc3)c3[cH-]c(CC45CC6CC(CC(C6)C4)C5)cc23)cc1.Cc1ccc(-c2ccc(-c3ccc(C)cc3)c3[cH-]c(CC45CC6CC(CC(C6)C4)C5)cc23)cc1.[CH3-].[CH3-].[Si]=[Zr]. The Morgan fingerprint density at radius 2 is 0.611 bits per heavy atom. The van der Waals surface area contributed by atoms with E-state index in [9.17, 15) is 0 Å². The molecule has 0 aliphatic heterocycles. The molecule has 8 aromatic carbocycles. The number of rotatable bonds is 8. The molecule has 0 atom stereocenters. The van der Waals surface area contributed by atoms with Gasteiger partial charge in [0.05, 0.1) is 0 Å². The van der Waals surface area contributed by atoms with E-state index in [0.29, 0.717) is 10.8 Å². The zero-order valence-corrected chi connectivity index (χ0v) is 47.7. The van der Waals surface area contributed by atoms with Gasteiger partial charge in [0, 0.05) is 0 Å². The molecule has 0 saturated heterocycles. The number of hydrogen-bond donors (Lipinski definition) is 0. The predicted octanol–water partition coefficient (Wildman–Crippen LogP) is 19.1. The van der Waals surface area contributed by atoms with Gasteiger partial charge in [-0.3, -0.25) is 0 Å². The molecule has 16 rings (SSSR count). The molecule has 2 radical (unpaired) electrons. The van der Waals surface area contributed by atoms with E-state index in [0.717, 1.165) is 35.5 Å². The Bertz CT molecular complexity index is 2700. The van der Waals surface area contributed by atoms with E-state index in [2.05, 4.69) is 180 Å². The number of fused-ring (bicyclic) bond motifs is 2. The van der Waals surface area contributed by atoms with Crippen LogP contribution in [0.25, 0.3) is 66.1 Å². The first-order chi connectivity index (χ1) is 34.1. The summed E-state index contributed by atoms with van der Waals surface area (Å²) >= 11 is 1.36. The van der Waals surface area contributed by atoms with Crippen molar-refractivity contribution in [1.82, 2.24) is 0 Å². The summed E-state index contributed by atoms with van der Waals surface area (Å²) in [5.74, 6) is 6.09. The van der Waals surface area contributed by atoms with Gasteiger partial charge in [0.1, 0.15) is 0 Å². The predicted molar refractivity (Wildman–Crippen MR) is 307 cm³/mol. The molecule has 8 fully saturated rings. The van der Waals surface area contributed by atoms with Crippen LogP contribution >= 0.6 is 0 Å². The number of benzene rings is 6. The third-order valence-corrected chi connectivity index (χ3v) is 18.8. The van der Waals surface area contributed by atoms with Crippen LogP contribution in [0.5, 0.6) is 0 Å². The summed E-state index contributed by atoms with van der Waals surface area (Å²) in [7, 11) is 0. The van der Waals surface area contributed by atoms with Gasteiger partial charge in [0.15, 0.2) is 0 Å². The van der Waals surface area contributed by atoms with Gasteiger partial charge < -0.3 is 14.9 Å². The van der Waals surface area contributed by atoms with Crippen molar-refractivity contribution in [2.75, 3.05) is 0 Å². The van der Waals surface area contributed by atoms with Gasteiger partial charge in [0.2, 0.25) is 0 Å². The molecule has 72 heavy (non-hydrogen) atoms. The number of hydrogen-bond acceptors (Lipinski definition) is 0. The van der Waals surface area contributed by atoms with Crippen LogP contribution in [-0.4, -0.2) is 6.88 Å². The molecule has 0 aromatic heterocycles.